The van der Waals surface area contributed by atoms with E-state index >= 15 is 0 Å². The topological polar surface area (TPSA) is 79.9 Å². The minimum absolute atomic E-state index is 0.134. The quantitative estimate of drug-likeness (QED) is 0.575. The summed E-state index contributed by atoms with van der Waals surface area (Å²) in [5.74, 6) is -0.226. The van der Waals surface area contributed by atoms with Crippen LogP contribution < -0.4 is 10.8 Å². The first-order valence-electron chi connectivity index (χ1n) is 9.56. The second kappa shape index (κ2) is 10.8. The van der Waals surface area contributed by atoms with Crippen molar-refractivity contribution < 1.29 is 19.2 Å². The number of benzene rings is 2. The van der Waals surface area contributed by atoms with Crippen LogP contribution in [0.15, 0.2) is 71.3 Å². The van der Waals surface area contributed by atoms with E-state index in [1.54, 1.807) is 11.9 Å². The number of alkyl carbamates (subject to hydrolysis) is 1. The van der Waals surface area contributed by atoms with Crippen LogP contribution in [-0.4, -0.2) is 42.6 Å². The van der Waals surface area contributed by atoms with Crippen molar-refractivity contribution in [3.05, 3.63) is 82.5 Å². The van der Waals surface area contributed by atoms with Crippen LogP contribution in [0, 0.1) is 0 Å². The highest BCUT2D eigenvalue weighted by Gasteiger charge is 2.27. The highest BCUT2D eigenvalue weighted by atomic mass is 79.9. The standard InChI is InChI=1S/C22H24BrN3O4/c1-26(14-18-13-20(23)25-30-18)21(27)19(12-16-8-4-2-5-9-16)24-22(28)29-15-17-10-6-3-7-11-17/h2-11,13,18-19,25H,12,14-15H2,1H3,(H,24,28)/t18-,19?/m0/s1. The zero-order valence-electron chi connectivity index (χ0n) is 16.6. The van der Waals surface area contributed by atoms with Gasteiger partial charge in [-0.05, 0) is 33.1 Å². The van der Waals surface area contributed by atoms with Crippen LogP contribution in [0.4, 0.5) is 4.79 Å². The van der Waals surface area contributed by atoms with E-state index in [1.807, 2.05) is 66.7 Å². The number of hydrogen-bond donors (Lipinski definition) is 2. The molecule has 2 aromatic carbocycles. The predicted octanol–water partition coefficient (Wildman–Crippen LogP) is 3.12. The largest absolute Gasteiger partial charge is 0.445 e. The Morgan fingerprint density at radius 3 is 2.37 bits per heavy atom. The highest BCUT2D eigenvalue weighted by molar-refractivity contribution is 9.11. The van der Waals surface area contributed by atoms with Gasteiger partial charge >= 0.3 is 6.09 Å². The molecular weight excluding hydrogens is 450 g/mol. The summed E-state index contributed by atoms with van der Waals surface area (Å²) in [6, 6.07) is 18.2. The molecule has 0 aliphatic carbocycles. The number of likely N-dealkylation sites (N-methyl/N-ethyl adjacent to an activating group) is 1. The summed E-state index contributed by atoms with van der Waals surface area (Å²) in [7, 11) is 1.68. The van der Waals surface area contributed by atoms with E-state index in [9.17, 15) is 9.59 Å². The molecule has 0 saturated carbocycles. The minimum Gasteiger partial charge on any atom is -0.445 e. The highest BCUT2D eigenvalue weighted by Crippen LogP contribution is 2.14. The maximum atomic E-state index is 13.1. The number of ether oxygens (including phenoxy) is 1. The van der Waals surface area contributed by atoms with Gasteiger partial charge in [0.15, 0.2) is 0 Å². The maximum absolute atomic E-state index is 13.1. The molecule has 0 saturated heterocycles. The summed E-state index contributed by atoms with van der Waals surface area (Å²) in [5, 5.41) is 2.72. The third kappa shape index (κ3) is 6.60. The van der Waals surface area contributed by atoms with Crippen LogP contribution >= 0.6 is 15.9 Å². The number of carbonyl (C=O) groups is 2. The van der Waals surface area contributed by atoms with Crippen LogP contribution in [0.1, 0.15) is 11.1 Å². The van der Waals surface area contributed by atoms with E-state index in [1.165, 1.54) is 0 Å². The average molecular weight is 474 g/mol. The summed E-state index contributed by atoms with van der Waals surface area (Å²) in [6.45, 7) is 0.474. The number of carbonyl (C=O) groups excluding carboxylic acids is 2. The van der Waals surface area contributed by atoms with Gasteiger partial charge in [0.1, 0.15) is 23.4 Å². The molecule has 2 atom stereocenters. The first-order valence-corrected chi connectivity index (χ1v) is 10.4. The molecule has 0 bridgehead atoms. The van der Waals surface area contributed by atoms with Crippen molar-refractivity contribution in [3.63, 3.8) is 0 Å². The van der Waals surface area contributed by atoms with Crippen LogP contribution in [0.5, 0.6) is 0 Å². The second-order valence-corrected chi connectivity index (χ2v) is 7.79. The van der Waals surface area contributed by atoms with Crippen molar-refractivity contribution in [1.82, 2.24) is 15.7 Å². The fraction of sp³-hybridized carbons (Fsp3) is 0.273. The van der Waals surface area contributed by atoms with E-state index in [2.05, 4.69) is 26.7 Å². The smallest absolute Gasteiger partial charge is 0.408 e. The summed E-state index contributed by atoms with van der Waals surface area (Å²) < 4.78 is 6.02. The molecule has 3 rings (SSSR count). The lowest BCUT2D eigenvalue weighted by atomic mass is 10.0. The number of rotatable bonds is 8. The molecule has 0 spiro atoms. The van der Waals surface area contributed by atoms with Crippen LogP contribution in [0.25, 0.3) is 0 Å². The Kier molecular flexibility index (Phi) is 7.87. The lowest BCUT2D eigenvalue weighted by Crippen LogP contribution is -2.50. The molecule has 1 aliphatic heterocycles. The molecule has 2 aromatic rings. The van der Waals surface area contributed by atoms with Gasteiger partial charge in [-0.25, -0.2) is 4.79 Å². The molecule has 30 heavy (non-hydrogen) atoms. The van der Waals surface area contributed by atoms with E-state index in [0.29, 0.717) is 13.0 Å². The number of nitrogens with one attached hydrogen (secondary N) is 2. The maximum Gasteiger partial charge on any atom is 0.408 e. The molecule has 0 aromatic heterocycles. The monoisotopic (exact) mass is 473 g/mol. The number of hydroxylamine groups is 1. The van der Waals surface area contributed by atoms with Gasteiger partial charge in [0.05, 0.1) is 6.54 Å². The van der Waals surface area contributed by atoms with E-state index in [-0.39, 0.29) is 18.6 Å². The van der Waals surface area contributed by atoms with Crippen molar-refractivity contribution >= 4 is 27.9 Å². The molecule has 1 unspecified atom stereocenters. The Morgan fingerprint density at radius 1 is 1.13 bits per heavy atom. The molecule has 2 N–H and O–H groups in total. The Morgan fingerprint density at radius 2 is 1.77 bits per heavy atom. The van der Waals surface area contributed by atoms with Gasteiger partial charge < -0.3 is 15.0 Å². The van der Waals surface area contributed by atoms with Gasteiger partial charge in [0, 0.05) is 13.5 Å². The molecule has 158 valence electrons. The molecule has 1 heterocycles. The summed E-state index contributed by atoms with van der Waals surface area (Å²) in [5.41, 5.74) is 4.51. The lowest BCUT2D eigenvalue weighted by Gasteiger charge is -2.25. The van der Waals surface area contributed by atoms with Crippen molar-refractivity contribution in [2.24, 2.45) is 0 Å². The molecule has 7 nitrogen and oxygen atoms in total. The van der Waals surface area contributed by atoms with Gasteiger partial charge in [-0.3, -0.25) is 15.1 Å². The zero-order valence-corrected chi connectivity index (χ0v) is 18.2. The van der Waals surface area contributed by atoms with Gasteiger partial charge in [-0.1, -0.05) is 60.7 Å². The normalized spacial score (nSPS) is 16.2. The van der Waals surface area contributed by atoms with E-state index in [0.717, 1.165) is 15.7 Å². The zero-order chi connectivity index (χ0) is 21.3. The number of nitrogens with zero attached hydrogens (tertiary/aromatic N) is 1. The van der Waals surface area contributed by atoms with E-state index in [4.69, 9.17) is 9.57 Å². The first kappa shape index (κ1) is 21.9. The fourth-order valence-electron chi connectivity index (χ4n) is 3.04. The van der Waals surface area contributed by atoms with Gasteiger partial charge in [0.2, 0.25) is 5.91 Å². The van der Waals surface area contributed by atoms with Crippen molar-refractivity contribution in [3.8, 4) is 0 Å². The molecular formula is C22H24BrN3O4. The Labute approximate surface area is 184 Å². The summed E-state index contributed by atoms with van der Waals surface area (Å²) in [6.07, 6.45) is 1.27. The van der Waals surface area contributed by atoms with Crippen molar-refractivity contribution in [1.29, 1.82) is 0 Å². The second-order valence-electron chi connectivity index (χ2n) is 6.94. The van der Waals surface area contributed by atoms with Crippen LogP contribution in [0.3, 0.4) is 0 Å². The number of amides is 2. The van der Waals surface area contributed by atoms with Gasteiger partial charge in [0.25, 0.3) is 0 Å². The Hall–Kier alpha value is -2.84. The fourth-order valence-corrected chi connectivity index (χ4v) is 3.42. The predicted molar refractivity (Wildman–Crippen MR) is 116 cm³/mol. The summed E-state index contributed by atoms with van der Waals surface area (Å²) in [4.78, 5) is 32.3. The number of halogens is 1. The third-order valence-corrected chi connectivity index (χ3v) is 4.98. The lowest BCUT2D eigenvalue weighted by molar-refractivity contribution is -0.133. The summed E-state index contributed by atoms with van der Waals surface area (Å²) >= 11 is 3.30. The number of hydrogen-bond acceptors (Lipinski definition) is 5. The Bertz CT molecular complexity index is 876. The minimum atomic E-state index is -0.762. The van der Waals surface area contributed by atoms with Crippen LogP contribution in [-0.2, 0) is 27.4 Å². The average Bonchev–Trinajstić information content (AvgIpc) is 3.17. The first-order chi connectivity index (χ1) is 14.5. The van der Waals surface area contributed by atoms with E-state index < -0.39 is 12.1 Å². The van der Waals surface area contributed by atoms with Crippen molar-refractivity contribution in [2.75, 3.05) is 13.6 Å². The Balaban J connectivity index is 1.63. The molecule has 1 aliphatic rings. The third-order valence-electron chi connectivity index (χ3n) is 4.56. The van der Waals surface area contributed by atoms with Crippen molar-refractivity contribution in [2.45, 2.75) is 25.2 Å². The molecule has 2 amide bonds. The van der Waals surface area contributed by atoms with Gasteiger partial charge in [-0.15, -0.1) is 0 Å². The molecule has 0 radical (unpaired) electrons. The molecule has 8 heteroatoms. The van der Waals surface area contributed by atoms with Crippen LogP contribution in [0.2, 0.25) is 0 Å². The SMILES string of the molecule is CN(C[C@@H]1C=C(Br)NO1)C(=O)C(Cc1ccccc1)NC(=O)OCc1ccccc1. The molecule has 0 fully saturated rings. The van der Waals surface area contributed by atoms with Gasteiger partial charge in [-0.2, -0.15) is 0 Å².